The quantitative estimate of drug-likeness (QED) is 0.787. The summed E-state index contributed by atoms with van der Waals surface area (Å²) in [6.07, 6.45) is 1.60. The Bertz CT molecular complexity index is 310. The number of amides is 2. The summed E-state index contributed by atoms with van der Waals surface area (Å²) in [6, 6.07) is -0.0112. The van der Waals surface area contributed by atoms with E-state index >= 15 is 0 Å². The Balaban J connectivity index is 0.00000289. The summed E-state index contributed by atoms with van der Waals surface area (Å²) in [6.45, 7) is 6.09. The lowest BCUT2D eigenvalue weighted by atomic mass is 9.91. The number of carbonyl (C=O) groups is 2. The van der Waals surface area contributed by atoms with Gasteiger partial charge in [-0.2, -0.15) is 0 Å². The van der Waals surface area contributed by atoms with Crippen LogP contribution in [0.2, 0.25) is 0 Å². The first-order chi connectivity index (χ1) is 7.84. The van der Waals surface area contributed by atoms with E-state index in [2.05, 4.69) is 0 Å². The molecule has 2 amide bonds. The van der Waals surface area contributed by atoms with E-state index in [0.717, 1.165) is 12.8 Å². The van der Waals surface area contributed by atoms with E-state index in [4.69, 9.17) is 11.5 Å². The molecule has 0 aliphatic carbocycles. The highest BCUT2D eigenvalue weighted by atomic mass is 35.5. The summed E-state index contributed by atoms with van der Waals surface area (Å²) in [5.41, 5.74) is 11.1. The molecule has 0 aromatic heterocycles. The molecule has 1 aliphatic heterocycles. The molecule has 4 atom stereocenters. The molecule has 0 radical (unpaired) electrons. The maximum absolute atomic E-state index is 12.2. The van der Waals surface area contributed by atoms with Gasteiger partial charge in [-0.3, -0.25) is 9.59 Å². The first-order valence-corrected chi connectivity index (χ1v) is 6.20. The van der Waals surface area contributed by atoms with Crippen LogP contribution < -0.4 is 11.5 Å². The van der Waals surface area contributed by atoms with Gasteiger partial charge in [-0.15, -0.1) is 12.4 Å². The smallest absolute Gasteiger partial charge is 0.227 e. The number of piperidine rings is 1. The van der Waals surface area contributed by atoms with Crippen LogP contribution in [-0.4, -0.2) is 35.3 Å². The molecular weight excluding hydrogens is 254 g/mol. The van der Waals surface area contributed by atoms with Crippen molar-refractivity contribution in [2.45, 2.75) is 45.7 Å². The van der Waals surface area contributed by atoms with Gasteiger partial charge in [0, 0.05) is 18.6 Å². The molecule has 1 saturated heterocycles. The minimum absolute atomic E-state index is 0. The van der Waals surface area contributed by atoms with Gasteiger partial charge in [0.2, 0.25) is 11.8 Å². The summed E-state index contributed by atoms with van der Waals surface area (Å²) in [5, 5.41) is 0. The van der Waals surface area contributed by atoms with Crippen molar-refractivity contribution in [3.8, 4) is 0 Å². The molecule has 1 heterocycles. The lowest BCUT2D eigenvalue weighted by Gasteiger charge is -2.38. The van der Waals surface area contributed by atoms with Crippen molar-refractivity contribution in [2.24, 2.45) is 23.3 Å². The zero-order valence-corrected chi connectivity index (χ0v) is 12.1. The maximum atomic E-state index is 12.2. The van der Waals surface area contributed by atoms with Crippen LogP contribution in [0.15, 0.2) is 0 Å². The second-order valence-corrected chi connectivity index (χ2v) is 5.16. The SMILES string of the molecule is CC(N)C(C)C(=O)N1CC(C(N)=O)CCC1C.Cl. The Kier molecular flexibility index (Phi) is 6.63. The average Bonchev–Trinajstić information content (AvgIpc) is 2.27. The van der Waals surface area contributed by atoms with E-state index in [9.17, 15) is 9.59 Å². The second-order valence-electron chi connectivity index (χ2n) is 5.16. The fraction of sp³-hybridized carbons (Fsp3) is 0.833. The van der Waals surface area contributed by atoms with Crippen LogP contribution in [-0.2, 0) is 9.59 Å². The largest absolute Gasteiger partial charge is 0.369 e. The van der Waals surface area contributed by atoms with E-state index < -0.39 is 0 Å². The van der Waals surface area contributed by atoms with Crippen LogP contribution in [0.5, 0.6) is 0 Å². The predicted molar refractivity (Wildman–Crippen MR) is 73.2 cm³/mol. The minimum atomic E-state index is -0.317. The Morgan fingerprint density at radius 2 is 1.83 bits per heavy atom. The molecule has 0 aromatic rings. The predicted octanol–water partition coefficient (Wildman–Crippen LogP) is 0.504. The minimum Gasteiger partial charge on any atom is -0.369 e. The first kappa shape index (κ1) is 17.2. The fourth-order valence-electron chi connectivity index (χ4n) is 2.13. The average molecular weight is 278 g/mol. The van der Waals surface area contributed by atoms with Crippen molar-refractivity contribution in [1.82, 2.24) is 4.90 Å². The number of hydrogen-bond acceptors (Lipinski definition) is 3. The van der Waals surface area contributed by atoms with Crippen molar-refractivity contribution in [2.75, 3.05) is 6.54 Å². The summed E-state index contributed by atoms with van der Waals surface area (Å²) in [5.74, 6) is -0.721. The fourth-order valence-corrected chi connectivity index (χ4v) is 2.13. The zero-order chi connectivity index (χ0) is 13.2. The number of primary amides is 1. The van der Waals surface area contributed by atoms with Gasteiger partial charge in [-0.1, -0.05) is 6.92 Å². The summed E-state index contributed by atoms with van der Waals surface area (Å²) >= 11 is 0. The van der Waals surface area contributed by atoms with Gasteiger partial charge in [0.25, 0.3) is 0 Å². The number of hydrogen-bond donors (Lipinski definition) is 2. The van der Waals surface area contributed by atoms with Gasteiger partial charge in [-0.05, 0) is 26.7 Å². The van der Waals surface area contributed by atoms with Gasteiger partial charge >= 0.3 is 0 Å². The third-order valence-corrected chi connectivity index (χ3v) is 3.75. The van der Waals surface area contributed by atoms with E-state index in [-0.39, 0.29) is 48.1 Å². The molecule has 0 saturated carbocycles. The Morgan fingerprint density at radius 3 is 2.28 bits per heavy atom. The summed E-state index contributed by atoms with van der Waals surface area (Å²) in [7, 11) is 0. The lowest BCUT2D eigenvalue weighted by molar-refractivity contribution is -0.141. The molecule has 5 nitrogen and oxygen atoms in total. The maximum Gasteiger partial charge on any atom is 0.227 e. The van der Waals surface area contributed by atoms with Gasteiger partial charge in [0.15, 0.2) is 0 Å². The van der Waals surface area contributed by atoms with E-state index in [1.807, 2.05) is 20.8 Å². The third-order valence-electron chi connectivity index (χ3n) is 3.75. The molecule has 18 heavy (non-hydrogen) atoms. The molecule has 0 spiro atoms. The van der Waals surface area contributed by atoms with Crippen LogP contribution in [0.25, 0.3) is 0 Å². The summed E-state index contributed by atoms with van der Waals surface area (Å²) < 4.78 is 0. The van der Waals surface area contributed by atoms with Crippen molar-refractivity contribution >= 4 is 24.2 Å². The van der Waals surface area contributed by atoms with Crippen molar-refractivity contribution in [1.29, 1.82) is 0 Å². The highest BCUT2D eigenvalue weighted by molar-refractivity contribution is 5.85. The van der Waals surface area contributed by atoms with Crippen LogP contribution in [0.4, 0.5) is 0 Å². The molecule has 6 heteroatoms. The van der Waals surface area contributed by atoms with Gasteiger partial charge < -0.3 is 16.4 Å². The van der Waals surface area contributed by atoms with Crippen LogP contribution in [0, 0.1) is 11.8 Å². The molecule has 0 bridgehead atoms. The monoisotopic (exact) mass is 277 g/mol. The molecule has 1 rings (SSSR count). The highest BCUT2D eigenvalue weighted by Gasteiger charge is 2.34. The number of likely N-dealkylation sites (tertiary alicyclic amines) is 1. The Hall–Kier alpha value is -0.810. The molecular formula is C12H24ClN3O2. The third kappa shape index (κ3) is 3.85. The van der Waals surface area contributed by atoms with Crippen molar-refractivity contribution in [3.05, 3.63) is 0 Å². The topological polar surface area (TPSA) is 89.4 Å². The first-order valence-electron chi connectivity index (χ1n) is 6.20. The number of nitrogens with zero attached hydrogens (tertiary/aromatic N) is 1. The van der Waals surface area contributed by atoms with Gasteiger partial charge in [0.1, 0.15) is 0 Å². The van der Waals surface area contributed by atoms with E-state index in [1.165, 1.54) is 0 Å². The molecule has 0 aromatic carbocycles. The molecule has 1 fully saturated rings. The van der Waals surface area contributed by atoms with Gasteiger partial charge in [-0.25, -0.2) is 0 Å². The number of rotatable bonds is 3. The highest BCUT2D eigenvalue weighted by Crippen LogP contribution is 2.23. The van der Waals surface area contributed by atoms with Crippen molar-refractivity contribution in [3.63, 3.8) is 0 Å². The molecule has 4 N–H and O–H groups in total. The zero-order valence-electron chi connectivity index (χ0n) is 11.3. The molecule has 106 valence electrons. The van der Waals surface area contributed by atoms with Crippen molar-refractivity contribution < 1.29 is 9.59 Å². The number of nitrogens with two attached hydrogens (primary N) is 2. The number of halogens is 1. The number of carbonyl (C=O) groups excluding carboxylic acids is 2. The standard InChI is InChI=1S/C12H23N3O2.ClH/c1-7-4-5-10(11(14)16)6-15(7)12(17)8(2)9(3)13;/h7-10H,4-6,13H2,1-3H3,(H2,14,16);1H. The second kappa shape index (κ2) is 6.95. The molecule has 4 unspecified atom stereocenters. The van der Waals surface area contributed by atoms with E-state index in [1.54, 1.807) is 4.90 Å². The van der Waals surface area contributed by atoms with Crippen LogP contribution >= 0.6 is 12.4 Å². The Labute approximate surface area is 115 Å². The summed E-state index contributed by atoms with van der Waals surface area (Å²) in [4.78, 5) is 25.2. The van der Waals surface area contributed by atoms with Crippen LogP contribution in [0.1, 0.15) is 33.6 Å². The Morgan fingerprint density at radius 1 is 1.28 bits per heavy atom. The normalized spacial score (nSPS) is 27.0. The van der Waals surface area contributed by atoms with Crippen LogP contribution in [0.3, 0.4) is 0 Å². The van der Waals surface area contributed by atoms with E-state index in [0.29, 0.717) is 6.54 Å². The van der Waals surface area contributed by atoms with Gasteiger partial charge in [0.05, 0.1) is 11.8 Å². The molecule has 1 aliphatic rings. The lowest BCUT2D eigenvalue weighted by Crippen LogP contribution is -2.52.